The van der Waals surface area contributed by atoms with Crippen molar-refractivity contribution in [2.75, 3.05) is 14.2 Å². The lowest BCUT2D eigenvalue weighted by Crippen LogP contribution is -2.05. The Morgan fingerprint density at radius 1 is 0.885 bits per heavy atom. The van der Waals surface area contributed by atoms with Crippen LogP contribution in [0.2, 0.25) is 0 Å². The molecule has 3 rings (SSSR count). The van der Waals surface area contributed by atoms with Gasteiger partial charge in [0, 0.05) is 17.7 Å². The van der Waals surface area contributed by atoms with E-state index in [1.165, 1.54) is 32.4 Å². The lowest BCUT2D eigenvalue weighted by atomic mass is 10.1. The summed E-state index contributed by atoms with van der Waals surface area (Å²) >= 11 is 0. The van der Waals surface area contributed by atoms with Gasteiger partial charge in [-0.15, -0.1) is 0 Å². The molecule has 0 spiro atoms. The molecule has 1 aromatic heterocycles. The number of carbonyl (C=O) groups is 1. The fourth-order valence-electron chi connectivity index (χ4n) is 2.31. The van der Waals surface area contributed by atoms with Crippen LogP contribution in [0.5, 0.6) is 17.2 Å². The molecule has 1 heterocycles. The van der Waals surface area contributed by atoms with Crippen LogP contribution < -0.4 is 9.47 Å². The lowest BCUT2D eigenvalue weighted by molar-refractivity contribution is 0.0593. The Bertz CT molecular complexity index is 908. The molecular weight excluding hydrogens is 337 g/mol. The number of ether oxygens (including phenoxy) is 3. The molecule has 26 heavy (non-hydrogen) atoms. The summed E-state index contributed by atoms with van der Waals surface area (Å²) < 4.78 is 28.5. The Kier molecular flexibility index (Phi) is 5.12. The minimum Gasteiger partial charge on any atom is -0.497 e. The zero-order valence-electron chi connectivity index (χ0n) is 14.2. The minimum atomic E-state index is -0.540. The van der Waals surface area contributed by atoms with Gasteiger partial charge in [0.25, 0.3) is 0 Å². The number of hydrogen-bond donors (Lipinski definition) is 0. The number of methoxy groups -OCH3 is 2. The van der Waals surface area contributed by atoms with Gasteiger partial charge in [-0.05, 0) is 48.5 Å². The second-order valence-corrected chi connectivity index (χ2v) is 5.35. The van der Waals surface area contributed by atoms with Crippen molar-refractivity contribution < 1.29 is 23.4 Å². The van der Waals surface area contributed by atoms with Crippen molar-refractivity contribution in [3.05, 3.63) is 72.2 Å². The number of benzene rings is 2. The van der Waals surface area contributed by atoms with Crippen LogP contribution in [0.1, 0.15) is 10.5 Å². The van der Waals surface area contributed by atoms with Gasteiger partial charge < -0.3 is 14.2 Å². The van der Waals surface area contributed by atoms with E-state index in [0.717, 1.165) is 5.56 Å². The molecule has 5 nitrogen and oxygen atoms in total. The van der Waals surface area contributed by atoms with Gasteiger partial charge in [0.15, 0.2) is 5.69 Å². The fourth-order valence-corrected chi connectivity index (χ4v) is 2.31. The number of halogens is 1. The van der Waals surface area contributed by atoms with Gasteiger partial charge in [-0.2, -0.15) is 0 Å². The van der Waals surface area contributed by atoms with E-state index in [9.17, 15) is 9.18 Å². The van der Waals surface area contributed by atoms with E-state index in [2.05, 4.69) is 4.98 Å². The largest absolute Gasteiger partial charge is 0.497 e. The lowest BCUT2D eigenvalue weighted by Gasteiger charge is -2.09. The predicted molar refractivity (Wildman–Crippen MR) is 94.0 cm³/mol. The molecule has 0 bridgehead atoms. The molecule has 0 fully saturated rings. The first-order valence-corrected chi connectivity index (χ1v) is 7.77. The number of hydrogen-bond acceptors (Lipinski definition) is 5. The minimum absolute atomic E-state index is 0.161. The molecule has 0 aliphatic rings. The van der Waals surface area contributed by atoms with Gasteiger partial charge in [0.2, 0.25) is 0 Å². The molecule has 0 atom stereocenters. The van der Waals surface area contributed by atoms with Crippen molar-refractivity contribution >= 4 is 5.97 Å². The van der Waals surface area contributed by atoms with Gasteiger partial charge in [0.1, 0.15) is 23.1 Å². The molecule has 0 saturated carbocycles. The van der Waals surface area contributed by atoms with Crippen molar-refractivity contribution in [2.45, 2.75) is 0 Å². The van der Waals surface area contributed by atoms with Crippen LogP contribution >= 0.6 is 0 Å². The van der Waals surface area contributed by atoms with E-state index in [4.69, 9.17) is 14.2 Å². The molecule has 3 aromatic rings. The maximum atomic E-state index is 12.9. The summed E-state index contributed by atoms with van der Waals surface area (Å²) in [4.78, 5) is 16.1. The topological polar surface area (TPSA) is 57.7 Å². The molecular formula is C20H16FNO4. The molecule has 132 valence electrons. The van der Waals surface area contributed by atoms with Gasteiger partial charge in [0.05, 0.1) is 19.9 Å². The molecule has 6 heteroatoms. The molecule has 0 aliphatic carbocycles. The second-order valence-electron chi connectivity index (χ2n) is 5.35. The smallest absolute Gasteiger partial charge is 0.356 e. The van der Waals surface area contributed by atoms with E-state index in [1.807, 2.05) is 12.1 Å². The Morgan fingerprint density at radius 3 is 2.08 bits per heavy atom. The van der Waals surface area contributed by atoms with Crippen LogP contribution in [0.4, 0.5) is 4.39 Å². The van der Waals surface area contributed by atoms with E-state index in [-0.39, 0.29) is 11.5 Å². The molecule has 0 aliphatic heterocycles. The summed E-state index contributed by atoms with van der Waals surface area (Å²) in [6.45, 7) is 0. The summed E-state index contributed by atoms with van der Waals surface area (Å²) in [5.74, 6) is 0.768. The summed E-state index contributed by atoms with van der Waals surface area (Å²) in [6.07, 6.45) is 0. The maximum absolute atomic E-state index is 12.9. The van der Waals surface area contributed by atoms with E-state index in [0.29, 0.717) is 22.9 Å². The number of esters is 1. The second kappa shape index (κ2) is 7.65. The standard InChI is InChI=1S/C20H16FNO4/c1-24-17-11-18(22-19(12-17)20(23)25-2)13-3-7-15(8-4-13)26-16-9-5-14(21)6-10-16/h3-12H,1-2H3. The summed E-state index contributed by atoms with van der Waals surface area (Å²) in [6, 6.07) is 16.1. The third kappa shape index (κ3) is 3.97. The average molecular weight is 353 g/mol. The van der Waals surface area contributed by atoms with Crippen molar-refractivity contribution in [1.29, 1.82) is 0 Å². The van der Waals surface area contributed by atoms with E-state index < -0.39 is 5.97 Å². The summed E-state index contributed by atoms with van der Waals surface area (Å²) in [5.41, 5.74) is 1.51. The third-order valence-electron chi connectivity index (χ3n) is 3.63. The summed E-state index contributed by atoms with van der Waals surface area (Å²) in [7, 11) is 2.81. The van der Waals surface area contributed by atoms with Crippen molar-refractivity contribution in [3.8, 4) is 28.5 Å². The van der Waals surface area contributed by atoms with Crippen molar-refractivity contribution in [1.82, 2.24) is 4.98 Å². The number of carbonyl (C=O) groups excluding carboxylic acids is 1. The normalized spacial score (nSPS) is 10.3. The van der Waals surface area contributed by atoms with Gasteiger partial charge in [-0.1, -0.05) is 0 Å². The predicted octanol–water partition coefficient (Wildman–Crippen LogP) is 4.48. The van der Waals surface area contributed by atoms with Crippen LogP contribution in [0.3, 0.4) is 0 Å². The summed E-state index contributed by atoms with van der Waals surface area (Å²) in [5, 5.41) is 0. The quantitative estimate of drug-likeness (QED) is 0.633. The molecule has 0 N–H and O–H groups in total. The first kappa shape index (κ1) is 17.4. The van der Waals surface area contributed by atoms with Crippen LogP contribution in [0.25, 0.3) is 11.3 Å². The highest BCUT2D eigenvalue weighted by Gasteiger charge is 2.12. The Morgan fingerprint density at radius 2 is 1.50 bits per heavy atom. The zero-order valence-corrected chi connectivity index (χ0v) is 14.2. The molecule has 0 saturated heterocycles. The Labute approximate surface area is 150 Å². The first-order valence-electron chi connectivity index (χ1n) is 7.77. The van der Waals surface area contributed by atoms with Crippen LogP contribution in [0, 0.1) is 5.82 Å². The SMILES string of the molecule is COC(=O)c1cc(OC)cc(-c2ccc(Oc3ccc(F)cc3)cc2)n1. The number of pyridine rings is 1. The zero-order chi connectivity index (χ0) is 18.5. The van der Waals surface area contributed by atoms with Gasteiger partial charge in [-0.3, -0.25) is 0 Å². The van der Waals surface area contributed by atoms with E-state index in [1.54, 1.807) is 30.3 Å². The highest BCUT2D eigenvalue weighted by Crippen LogP contribution is 2.27. The molecule has 2 aromatic carbocycles. The Balaban J connectivity index is 1.86. The third-order valence-corrected chi connectivity index (χ3v) is 3.63. The van der Waals surface area contributed by atoms with Crippen LogP contribution in [0.15, 0.2) is 60.7 Å². The maximum Gasteiger partial charge on any atom is 0.356 e. The number of nitrogens with zero attached hydrogens (tertiary/aromatic N) is 1. The highest BCUT2D eigenvalue weighted by molar-refractivity contribution is 5.88. The highest BCUT2D eigenvalue weighted by atomic mass is 19.1. The van der Waals surface area contributed by atoms with Crippen molar-refractivity contribution in [2.24, 2.45) is 0 Å². The monoisotopic (exact) mass is 353 g/mol. The molecule has 0 radical (unpaired) electrons. The molecule has 0 unspecified atom stereocenters. The Hall–Kier alpha value is -3.41. The number of aromatic nitrogens is 1. The van der Waals surface area contributed by atoms with Crippen molar-refractivity contribution in [3.63, 3.8) is 0 Å². The van der Waals surface area contributed by atoms with Gasteiger partial charge in [-0.25, -0.2) is 14.2 Å². The van der Waals surface area contributed by atoms with Crippen LogP contribution in [-0.2, 0) is 4.74 Å². The fraction of sp³-hybridized carbons (Fsp3) is 0.100. The van der Waals surface area contributed by atoms with Crippen LogP contribution in [-0.4, -0.2) is 25.2 Å². The molecule has 0 amide bonds. The van der Waals surface area contributed by atoms with E-state index >= 15 is 0 Å². The average Bonchev–Trinajstić information content (AvgIpc) is 2.69. The first-order chi connectivity index (χ1) is 12.6. The van der Waals surface area contributed by atoms with Gasteiger partial charge >= 0.3 is 5.97 Å². The number of rotatable bonds is 5.